The van der Waals surface area contributed by atoms with Gasteiger partial charge in [-0.2, -0.15) is 0 Å². The van der Waals surface area contributed by atoms with Crippen LogP contribution < -0.4 is 15.1 Å². The Balaban J connectivity index is 1.09. The lowest BCUT2D eigenvalue weighted by Gasteiger charge is -2.47. The summed E-state index contributed by atoms with van der Waals surface area (Å²) in [5.41, 5.74) is 18.2. The van der Waals surface area contributed by atoms with E-state index < -0.39 is 0 Å². The van der Waals surface area contributed by atoms with Gasteiger partial charge in [-0.3, -0.25) is 0 Å². The number of anilines is 4. The lowest BCUT2D eigenvalue weighted by molar-refractivity contribution is 1.18. The van der Waals surface area contributed by atoms with Gasteiger partial charge in [0.2, 0.25) is 0 Å². The van der Waals surface area contributed by atoms with Crippen LogP contribution in [0.4, 0.5) is 22.7 Å². The smallest absolute Gasteiger partial charge is 0.361 e. The monoisotopic (exact) mass is 750 g/mol. The van der Waals surface area contributed by atoms with Gasteiger partial charge < -0.3 is 18.8 Å². The van der Waals surface area contributed by atoms with Gasteiger partial charge in [0.25, 0.3) is 0 Å². The number of benzene rings is 9. The predicted molar refractivity (Wildman–Crippen MR) is 249 cm³/mol. The number of para-hydroxylation sites is 6. The molecule has 2 aliphatic heterocycles. The van der Waals surface area contributed by atoms with E-state index in [-0.39, 0.29) is 6.98 Å². The molecule has 0 spiro atoms. The molecule has 0 amide bonds. The first kappa shape index (κ1) is 32.3. The lowest BCUT2D eigenvalue weighted by atomic mass is 9.53. The minimum absolute atomic E-state index is 0.175. The molecule has 4 nitrogen and oxygen atoms in total. The highest BCUT2D eigenvalue weighted by atomic mass is 15.2. The minimum Gasteiger partial charge on any atom is -0.361 e. The molecule has 4 heterocycles. The van der Waals surface area contributed by atoms with Crippen molar-refractivity contribution in [2.45, 2.75) is 0 Å². The zero-order chi connectivity index (χ0) is 38.6. The lowest BCUT2D eigenvalue weighted by Crippen LogP contribution is -2.61. The maximum Gasteiger partial charge on any atom is 0.421 e. The van der Waals surface area contributed by atoms with E-state index in [4.69, 9.17) is 0 Å². The predicted octanol–water partition coefficient (Wildman–Crippen LogP) is 13.2. The third-order valence-electron chi connectivity index (χ3n) is 12.7. The van der Waals surface area contributed by atoms with Crippen LogP contribution in [0.15, 0.2) is 212 Å². The molecule has 13 rings (SSSR count). The van der Waals surface area contributed by atoms with Crippen molar-refractivity contribution in [2.24, 2.45) is 0 Å². The first-order chi connectivity index (χ1) is 29.3. The summed E-state index contributed by atoms with van der Waals surface area (Å²) in [6.07, 6.45) is 0. The standard InChI is InChI=1S/C54H35BN4/c1-3-16-36(17-4-1)56-48-26-11-7-22-42(48)46-34-38(30-32-50(46)56)58-52-28-13-9-20-40(52)44-24-15-25-45-41-21-10-14-29-53(41)59(55(58)54(44)45)39-31-33-51-47(35-39)43-23-8-12-27-49(43)57(51)37-18-5-2-6-19-37/h1-35H. The van der Waals surface area contributed by atoms with Crippen molar-refractivity contribution in [3.05, 3.63) is 212 Å². The second kappa shape index (κ2) is 12.4. The molecule has 59 heavy (non-hydrogen) atoms. The van der Waals surface area contributed by atoms with Crippen LogP contribution in [0.2, 0.25) is 0 Å². The second-order valence-electron chi connectivity index (χ2n) is 15.7. The Morgan fingerprint density at radius 2 is 0.661 bits per heavy atom. The van der Waals surface area contributed by atoms with Gasteiger partial charge in [0.15, 0.2) is 0 Å². The van der Waals surface area contributed by atoms with Crippen LogP contribution in [0.25, 0.3) is 77.2 Å². The van der Waals surface area contributed by atoms with E-state index in [1.165, 1.54) is 82.7 Å². The summed E-state index contributed by atoms with van der Waals surface area (Å²) in [6, 6.07) is 78.1. The molecular weight excluding hydrogens is 715 g/mol. The summed E-state index contributed by atoms with van der Waals surface area (Å²) >= 11 is 0. The fourth-order valence-electron chi connectivity index (χ4n) is 10.3. The van der Waals surface area contributed by atoms with E-state index >= 15 is 0 Å². The Hall–Kier alpha value is -7.76. The van der Waals surface area contributed by atoms with Gasteiger partial charge in [0, 0.05) is 66.8 Å². The molecule has 0 aliphatic carbocycles. The molecule has 2 aromatic heterocycles. The third-order valence-corrected chi connectivity index (χ3v) is 12.7. The Bertz CT molecular complexity index is 3250. The summed E-state index contributed by atoms with van der Waals surface area (Å²) in [7, 11) is 0. The fraction of sp³-hybridized carbons (Fsp3) is 0. The molecule has 9 aromatic carbocycles. The van der Waals surface area contributed by atoms with Crippen molar-refractivity contribution in [1.82, 2.24) is 9.13 Å². The van der Waals surface area contributed by atoms with Crippen molar-refractivity contribution in [1.29, 1.82) is 0 Å². The Labute approximate surface area is 342 Å². The molecule has 0 saturated carbocycles. The molecule has 5 heteroatoms. The van der Waals surface area contributed by atoms with Crippen molar-refractivity contribution >= 4 is 78.8 Å². The quantitative estimate of drug-likeness (QED) is 0.167. The zero-order valence-electron chi connectivity index (χ0n) is 32.1. The van der Waals surface area contributed by atoms with E-state index in [9.17, 15) is 0 Å². The molecule has 0 saturated heterocycles. The van der Waals surface area contributed by atoms with Crippen LogP contribution in [0.5, 0.6) is 0 Å². The minimum atomic E-state index is -0.175. The van der Waals surface area contributed by atoms with Gasteiger partial charge in [-0.1, -0.05) is 127 Å². The molecule has 11 aromatic rings. The van der Waals surface area contributed by atoms with E-state index in [2.05, 4.69) is 231 Å². The second-order valence-corrected chi connectivity index (χ2v) is 15.7. The molecule has 274 valence electrons. The first-order valence-electron chi connectivity index (χ1n) is 20.4. The van der Waals surface area contributed by atoms with Crippen molar-refractivity contribution in [3.8, 4) is 33.6 Å². The first-order valence-corrected chi connectivity index (χ1v) is 20.4. The Kier molecular flexibility index (Phi) is 6.78. The van der Waals surface area contributed by atoms with Gasteiger partial charge >= 0.3 is 6.98 Å². The maximum atomic E-state index is 2.60. The highest BCUT2D eigenvalue weighted by Gasteiger charge is 2.46. The third kappa shape index (κ3) is 4.55. The molecule has 0 bridgehead atoms. The largest absolute Gasteiger partial charge is 0.421 e. The molecule has 2 aliphatic rings. The van der Waals surface area contributed by atoms with Crippen LogP contribution in [0.1, 0.15) is 0 Å². The molecule has 0 fully saturated rings. The normalized spacial score (nSPS) is 13.0. The van der Waals surface area contributed by atoms with Crippen LogP contribution in [0.3, 0.4) is 0 Å². The highest BCUT2D eigenvalue weighted by molar-refractivity contribution is 6.86. The van der Waals surface area contributed by atoms with Crippen molar-refractivity contribution in [3.63, 3.8) is 0 Å². The SMILES string of the molecule is c1ccc(-n2c3ccccc3c3cc(N4B5c6c(cccc6-c6ccccc6N5c5ccc6c(c5)c5ccccc5n6-c5ccccc5)-c5ccccc54)ccc32)cc1. The maximum absolute atomic E-state index is 2.60. The van der Waals surface area contributed by atoms with Gasteiger partial charge in [-0.05, 0) is 102 Å². The van der Waals surface area contributed by atoms with Gasteiger partial charge in [0.05, 0.1) is 22.1 Å². The number of nitrogens with zero attached hydrogens (tertiary/aromatic N) is 4. The molecule has 0 radical (unpaired) electrons. The Morgan fingerprint density at radius 1 is 0.271 bits per heavy atom. The Morgan fingerprint density at radius 3 is 1.15 bits per heavy atom. The van der Waals surface area contributed by atoms with Gasteiger partial charge in [0.1, 0.15) is 0 Å². The summed E-state index contributed by atoms with van der Waals surface area (Å²) in [6.45, 7) is -0.175. The number of aromatic nitrogens is 2. The van der Waals surface area contributed by atoms with Crippen molar-refractivity contribution in [2.75, 3.05) is 9.62 Å². The van der Waals surface area contributed by atoms with Gasteiger partial charge in [-0.15, -0.1) is 0 Å². The molecule has 0 atom stereocenters. The van der Waals surface area contributed by atoms with E-state index in [0.29, 0.717) is 0 Å². The fourth-order valence-corrected chi connectivity index (χ4v) is 10.3. The summed E-state index contributed by atoms with van der Waals surface area (Å²) in [5, 5.41) is 4.95. The number of hydrogen-bond donors (Lipinski definition) is 0. The van der Waals surface area contributed by atoms with Crippen LogP contribution >= 0.6 is 0 Å². The summed E-state index contributed by atoms with van der Waals surface area (Å²) < 4.78 is 4.80. The average Bonchev–Trinajstić information content (AvgIpc) is 3.82. The number of hydrogen-bond acceptors (Lipinski definition) is 2. The van der Waals surface area contributed by atoms with Crippen LogP contribution in [0, 0.1) is 0 Å². The van der Waals surface area contributed by atoms with Gasteiger partial charge in [-0.25, -0.2) is 0 Å². The molecule has 0 N–H and O–H groups in total. The van der Waals surface area contributed by atoms with E-state index in [0.717, 1.165) is 22.7 Å². The van der Waals surface area contributed by atoms with E-state index in [1.807, 2.05) is 0 Å². The summed E-state index contributed by atoms with van der Waals surface area (Å²) in [4.78, 5) is 5.20. The number of fused-ring (bicyclic) bond motifs is 10. The van der Waals surface area contributed by atoms with Crippen molar-refractivity contribution < 1.29 is 0 Å². The summed E-state index contributed by atoms with van der Waals surface area (Å²) in [5.74, 6) is 0. The molecular formula is C54H35BN4. The van der Waals surface area contributed by atoms with Crippen LogP contribution in [-0.2, 0) is 0 Å². The topological polar surface area (TPSA) is 16.3 Å². The average molecular weight is 751 g/mol. The highest BCUT2D eigenvalue weighted by Crippen LogP contribution is 2.50. The number of rotatable bonds is 4. The zero-order valence-corrected chi connectivity index (χ0v) is 32.1. The van der Waals surface area contributed by atoms with E-state index in [1.54, 1.807) is 0 Å². The van der Waals surface area contributed by atoms with Crippen LogP contribution in [-0.4, -0.2) is 16.1 Å². The molecule has 0 unspecified atom stereocenters.